The number of hydrogen-bond donors (Lipinski definition) is 0. The molecule has 0 unspecified atom stereocenters. The SMILES string of the molecule is [2H]c1nc([2H])c(C2([2H])C([2H])([2H])C([2H])([2H])N(C(=O)OC(C)(C)C)C([2H])([2H])C2([2H])[2H])c([2H])c1[2H]. The van der Waals surface area contributed by atoms with Gasteiger partial charge in [-0.1, -0.05) is 6.04 Å². The van der Waals surface area contributed by atoms with E-state index in [0.29, 0.717) is 0 Å². The highest BCUT2D eigenvalue weighted by Crippen LogP contribution is 2.27. The second-order valence-electron chi connectivity index (χ2n) is 4.62. The van der Waals surface area contributed by atoms with Gasteiger partial charge in [-0.2, -0.15) is 0 Å². The number of carbonyl (C=O) groups is 1. The van der Waals surface area contributed by atoms with Gasteiger partial charge in [-0.15, -0.1) is 0 Å². The summed E-state index contributed by atoms with van der Waals surface area (Å²) < 4.78 is 111. The van der Waals surface area contributed by atoms with Gasteiger partial charge in [0.1, 0.15) is 5.60 Å². The first-order valence-electron chi connectivity index (χ1n) is 12.0. The fourth-order valence-electron chi connectivity index (χ4n) is 1.16. The number of pyridine rings is 1. The Morgan fingerprint density at radius 1 is 1.58 bits per heavy atom. The highest BCUT2D eigenvalue weighted by molar-refractivity contribution is 5.68. The molecule has 0 radical (unpaired) electrons. The molecule has 1 amide bonds. The molecule has 4 nitrogen and oxygen atoms in total. The number of amides is 1. The van der Waals surface area contributed by atoms with Crippen LogP contribution in [0, 0.1) is 0 Å². The summed E-state index contributed by atoms with van der Waals surface area (Å²) in [5.74, 6) is -3.68. The topological polar surface area (TPSA) is 42.4 Å². The lowest BCUT2D eigenvalue weighted by Gasteiger charge is -2.33. The van der Waals surface area contributed by atoms with E-state index in [2.05, 4.69) is 4.98 Å². The average molecular weight is 275 g/mol. The number of carbonyl (C=O) groups excluding carboxylic acids is 1. The smallest absolute Gasteiger partial charge is 0.410 e. The Balaban J connectivity index is 2.96. The highest BCUT2D eigenvalue weighted by Gasteiger charge is 2.27. The maximum absolute atomic E-state index is 12.7. The van der Waals surface area contributed by atoms with E-state index in [0.717, 1.165) is 0 Å². The molecule has 104 valence electrons. The van der Waals surface area contributed by atoms with Gasteiger partial charge < -0.3 is 9.64 Å². The van der Waals surface area contributed by atoms with Crippen molar-refractivity contribution in [3.05, 3.63) is 30.0 Å². The lowest BCUT2D eigenvalue weighted by molar-refractivity contribution is 0.0205. The van der Waals surface area contributed by atoms with Gasteiger partial charge in [-0.05, 0) is 51.0 Å². The van der Waals surface area contributed by atoms with Crippen molar-refractivity contribution in [2.24, 2.45) is 0 Å². The molecular formula is C15H22N2O2. The minimum atomic E-state index is -3.80. The summed E-state index contributed by atoms with van der Waals surface area (Å²) >= 11 is 0. The zero-order chi connectivity index (χ0) is 25.5. The molecule has 1 aromatic heterocycles. The first-order chi connectivity index (χ1) is 14.0. The summed E-state index contributed by atoms with van der Waals surface area (Å²) in [5.41, 5.74) is -2.50. The Morgan fingerprint density at radius 3 is 2.89 bits per heavy atom. The van der Waals surface area contributed by atoms with Gasteiger partial charge in [0.2, 0.25) is 0 Å². The second kappa shape index (κ2) is 5.59. The van der Waals surface area contributed by atoms with E-state index in [4.69, 9.17) is 22.6 Å². The molecular weight excluding hydrogens is 240 g/mol. The van der Waals surface area contributed by atoms with E-state index < -0.39 is 73.3 Å². The Bertz CT molecular complexity index is 930. The van der Waals surface area contributed by atoms with E-state index in [9.17, 15) is 4.79 Å². The largest absolute Gasteiger partial charge is 0.444 e. The van der Waals surface area contributed by atoms with Crippen molar-refractivity contribution in [3.8, 4) is 0 Å². The van der Waals surface area contributed by atoms with Crippen molar-refractivity contribution in [2.75, 3.05) is 13.0 Å². The normalized spacial score (nSPS) is 39.5. The van der Waals surface area contributed by atoms with Crippen LogP contribution in [0.4, 0.5) is 4.79 Å². The lowest BCUT2D eigenvalue weighted by Crippen LogP contribution is -2.41. The lowest BCUT2D eigenvalue weighted by atomic mass is 9.91. The maximum atomic E-state index is 12.7. The van der Waals surface area contributed by atoms with Crippen LogP contribution in [0.3, 0.4) is 0 Å². The van der Waals surface area contributed by atoms with Crippen LogP contribution in [0.1, 0.15) is 62.8 Å². The van der Waals surface area contributed by atoms with Crippen molar-refractivity contribution in [3.63, 3.8) is 0 Å². The summed E-state index contributed by atoms with van der Waals surface area (Å²) in [7, 11) is 0. The molecule has 0 N–H and O–H groups in total. The molecule has 0 atom stereocenters. The molecule has 4 heteroatoms. The molecule has 1 aliphatic heterocycles. The summed E-state index contributed by atoms with van der Waals surface area (Å²) in [4.78, 5) is 15.6. The number of hydrogen-bond acceptors (Lipinski definition) is 3. The third kappa shape index (κ3) is 3.94. The van der Waals surface area contributed by atoms with Crippen LogP contribution in [0.2, 0.25) is 0 Å². The number of rotatable bonds is 1. The van der Waals surface area contributed by atoms with Crippen molar-refractivity contribution >= 4 is 6.09 Å². The highest BCUT2D eigenvalue weighted by atomic mass is 16.6. The summed E-state index contributed by atoms with van der Waals surface area (Å²) in [6.45, 7) is -3.33. The predicted octanol–water partition coefficient (Wildman–Crippen LogP) is 3.20. The van der Waals surface area contributed by atoms with Crippen LogP contribution in [-0.4, -0.2) is 34.6 Å². The fourth-order valence-corrected chi connectivity index (χ4v) is 1.16. The molecule has 0 saturated carbocycles. The molecule has 1 aromatic rings. The van der Waals surface area contributed by atoms with Crippen molar-refractivity contribution in [1.82, 2.24) is 9.88 Å². The molecule has 0 aliphatic carbocycles. The minimum absolute atomic E-state index is 0.390. The summed E-state index contributed by atoms with van der Waals surface area (Å²) in [6.07, 6.45) is -11.4. The van der Waals surface area contributed by atoms with Crippen LogP contribution < -0.4 is 0 Å². The van der Waals surface area contributed by atoms with E-state index in [-0.39, 0.29) is 4.90 Å². The number of piperidine rings is 1. The zero-order valence-electron chi connectivity index (χ0n) is 23.7. The van der Waals surface area contributed by atoms with E-state index >= 15 is 0 Å². The molecule has 19 heavy (non-hydrogen) atoms. The van der Waals surface area contributed by atoms with E-state index in [1.807, 2.05) is 0 Å². The summed E-state index contributed by atoms with van der Waals surface area (Å²) in [6, 6.07) is -2.13. The third-order valence-corrected chi connectivity index (χ3v) is 1.88. The fraction of sp³-hybridized carbons (Fsp3) is 0.600. The molecule has 1 saturated heterocycles. The Kier molecular flexibility index (Phi) is 1.40. The molecule has 2 heterocycles. The van der Waals surface area contributed by atoms with Crippen molar-refractivity contribution in [2.45, 2.75) is 45.0 Å². The number of likely N-dealkylation sites (tertiary alicyclic amines) is 1. The average Bonchev–Trinajstić information content (AvgIpc) is 2.55. The third-order valence-electron chi connectivity index (χ3n) is 1.88. The molecule has 0 spiro atoms. The second-order valence-corrected chi connectivity index (χ2v) is 4.62. The van der Waals surface area contributed by atoms with Crippen LogP contribution >= 0.6 is 0 Å². The maximum Gasteiger partial charge on any atom is 0.410 e. The molecule has 0 bridgehead atoms. The van der Waals surface area contributed by atoms with Crippen LogP contribution in [0.15, 0.2) is 24.4 Å². The number of aromatic nitrogens is 1. The van der Waals surface area contributed by atoms with Gasteiger partial charge in [0.15, 0.2) is 0 Å². The van der Waals surface area contributed by atoms with Gasteiger partial charge in [-0.25, -0.2) is 4.79 Å². The van der Waals surface area contributed by atoms with Gasteiger partial charge in [0.05, 0.1) is 5.48 Å². The van der Waals surface area contributed by atoms with E-state index in [1.165, 1.54) is 20.8 Å². The molecule has 0 aromatic carbocycles. The Hall–Kier alpha value is -1.58. The first kappa shape index (κ1) is 4.76. The Labute approximate surface area is 133 Å². The molecule has 1 aliphatic rings. The first-order valence-corrected chi connectivity index (χ1v) is 5.48. The van der Waals surface area contributed by atoms with Crippen molar-refractivity contribution in [1.29, 1.82) is 0 Å². The predicted molar refractivity (Wildman–Crippen MR) is 74.0 cm³/mol. The van der Waals surface area contributed by atoms with E-state index in [1.54, 1.807) is 0 Å². The molecule has 2 rings (SSSR count). The monoisotopic (exact) mass is 275 g/mol. The standard InChI is InChI=1S/C15H22N2O2/c1-15(2,3)19-14(18)17-9-6-12(7-10-17)13-5-4-8-16-11-13/h4-5,8,11-12H,6-7,9-10H2,1-3H3/i4D,5D,6D2,7D2,8D,9D2,10D2,11D,12D. The molecule has 1 fully saturated rings. The van der Waals surface area contributed by atoms with Gasteiger partial charge >= 0.3 is 6.09 Å². The summed E-state index contributed by atoms with van der Waals surface area (Å²) in [5, 5.41) is 0. The number of ether oxygens (including phenoxy) is 1. The minimum Gasteiger partial charge on any atom is -0.444 e. The van der Waals surface area contributed by atoms with Gasteiger partial charge in [0, 0.05) is 37.7 Å². The van der Waals surface area contributed by atoms with Gasteiger partial charge in [-0.3, -0.25) is 4.98 Å². The quantitative estimate of drug-likeness (QED) is 0.790. The zero-order valence-corrected chi connectivity index (χ0v) is 10.7. The Morgan fingerprint density at radius 2 is 2.26 bits per heavy atom. The number of nitrogens with zero attached hydrogens (tertiary/aromatic N) is 2. The van der Waals surface area contributed by atoms with Crippen LogP contribution in [-0.2, 0) is 4.74 Å². The van der Waals surface area contributed by atoms with Crippen LogP contribution in [0.5, 0.6) is 0 Å². The van der Waals surface area contributed by atoms with Crippen molar-refractivity contribution < 1.29 is 27.4 Å². The van der Waals surface area contributed by atoms with Gasteiger partial charge in [0.25, 0.3) is 0 Å². The van der Waals surface area contributed by atoms with Crippen LogP contribution in [0.25, 0.3) is 0 Å².